The zero-order chi connectivity index (χ0) is 17.6. The van der Waals surface area contributed by atoms with Crippen molar-refractivity contribution in [2.75, 3.05) is 31.1 Å². The molecule has 0 aliphatic carbocycles. The molecule has 26 heavy (non-hydrogen) atoms. The quantitative estimate of drug-likeness (QED) is 0.652. The van der Waals surface area contributed by atoms with Crippen molar-refractivity contribution in [2.24, 2.45) is 0 Å². The SMILES string of the molecule is c1ccc(CCn2nnnc2C[NH+]2CCN(c3ncccn3)CC2)cc1. The fourth-order valence-corrected chi connectivity index (χ4v) is 3.28. The number of anilines is 1. The van der Waals surface area contributed by atoms with Crippen LogP contribution in [0.3, 0.4) is 0 Å². The van der Waals surface area contributed by atoms with E-state index in [9.17, 15) is 0 Å². The van der Waals surface area contributed by atoms with Crippen LogP contribution in [-0.2, 0) is 19.5 Å². The molecule has 1 saturated heterocycles. The molecule has 1 aliphatic heterocycles. The zero-order valence-electron chi connectivity index (χ0n) is 14.7. The summed E-state index contributed by atoms with van der Waals surface area (Å²) in [7, 11) is 0. The second kappa shape index (κ2) is 8.01. The first-order valence-electron chi connectivity index (χ1n) is 9.03. The first kappa shape index (κ1) is 16.6. The lowest BCUT2D eigenvalue weighted by molar-refractivity contribution is -0.915. The number of nitrogens with one attached hydrogen (secondary N) is 1. The molecular formula is C18H23N8+. The molecule has 0 atom stereocenters. The molecule has 0 bridgehead atoms. The van der Waals surface area contributed by atoms with Gasteiger partial charge in [-0.05, 0) is 28.5 Å². The molecule has 3 aromatic rings. The molecule has 3 heterocycles. The molecule has 0 unspecified atom stereocenters. The lowest BCUT2D eigenvalue weighted by atomic mass is 10.1. The van der Waals surface area contributed by atoms with Crippen LogP contribution in [0.2, 0.25) is 0 Å². The van der Waals surface area contributed by atoms with E-state index in [-0.39, 0.29) is 0 Å². The summed E-state index contributed by atoms with van der Waals surface area (Å²) in [6.07, 6.45) is 4.53. The van der Waals surface area contributed by atoms with Gasteiger partial charge in [-0.1, -0.05) is 30.3 Å². The predicted octanol–water partition coefficient (Wildman–Crippen LogP) is -0.389. The molecule has 1 fully saturated rings. The van der Waals surface area contributed by atoms with Gasteiger partial charge in [-0.2, -0.15) is 0 Å². The van der Waals surface area contributed by atoms with E-state index in [1.54, 1.807) is 12.4 Å². The minimum atomic E-state index is 0.809. The van der Waals surface area contributed by atoms with Gasteiger partial charge in [-0.3, -0.25) is 0 Å². The van der Waals surface area contributed by atoms with E-state index in [1.807, 2.05) is 16.8 Å². The normalized spacial score (nSPS) is 15.3. The number of benzene rings is 1. The first-order chi connectivity index (χ1) is 12.9. The van der Waals surface area contributed by atoms with Gasteiger partial charge in [0.2, 0.25) is 11.8 Å². The average Bonchev–Trinajstić information content (AvgIpc) is 3.15. The molecule has 4 rings (SSSR count). The molecule has 8 nitrogen and oxygen atoms in total. The summed E-state index contributed by atoms with van der Waals surface area (Å²) in [5, 5.41) is 12.3. The van der Waals surface area contributed by atoms with Crippen molar-refractivity contribution in [1.82, 2.24) is 30.2 Å². The van der Waals surface area contributed by atoms with Gasteiger partial charge in [0.1, 0.15) is 6.54 Å². The maximum atomic E-state index is 4.34. The molecular weight excluding hydrogens is 328 g/mol. The molecule has 1 aliphatic rings. The largest absolute Gasteiger partial charge is 0.330 e. The minimum Gasteiger partial charge on any atom is -0.330 e. The average molecular weight is 351 g/mol. The summed E-state index contributed by atoms with van der Waals surface area (Å²) in [5.74, 6) is 1.78. The summed E-state index contributed by atoms with van der Waals surface area (Å²) in [6.45, 7) is 5.62. The molecule has 0 spiro atoms. The van der Waals surface area contributed by atoms with Gasteiger partial charge in [0.25, 0.3) is 0 Å². The Morgan fingerprint density at radius 1 is 0.962 bits per heavy atom. The Balaban J connectivity index is 1.31. The van der Waals surface area contributed by atoms with Gasteiger partial charge < -0.3 is 9.80 Å². The van der Waals surface area contributed by atoms with Crippen molar-refractivity contribution in [3.63, 3.8) is 0 Å². The third-order valence-electron chi connectivity index (χ3n) is 4.77. The van der Waals surface area contributed by atoms with Crippen molar-refractivity contribution in [3.8, 4) is 0 Å². The Bertz CT molecular complexity index is 796. The number of hydrogen-bond acceptors (Lipinski definition) is 6. The van der Waals surface area contributed by atoms with Crippen LogP contribution in [0, 0.1) is 0 Å². The highest BCUT2D eigenvalue weighted by Crippen LogP contribution is 2.05. The second-order valence-corrected chi connectivity index (χ2v) is 6.52. The Kier molecular flexibility index (Phi) is 5.11. The number of rotatable bonds is 6. The van der Waals surface area contributed by atoms with E-state index in [4.69, 9.17) is 0 Å². The summed E-state index contributed by atoms with van der Waals surface area (Å²) in [5.41, 5.74) is 1.30. The van der Waals surface area contributed by atoms with Gasteiger partial charge >= 0.3 is 0 Å². The number of piperazine rings is 1. The summed E-state index contributed by atoms with van der Waals surface area (Å²) in [6, 6.07) is 12.3. The van der Waals surface area contributed by atoms with Crippen molar-refractivity contribution in [1.29, 1.82) is 0 Å². The van der Waals surface area contributed by atoms with Gasteiger partial charge in [0.15, 0.2) is 0 Å². The first-order valence-corrected chi connectivity index (χ1v) is 9.03. The van der Waals surface area contributed by atoms with Crippen LogP contribution in [0.1, 0.15) is 11.4 Å². The smallest absolute Gasteiger partial charge is 0.225 e. The molecule has 1 aromatic carbocycles. The van der Waals surface area contributed by atoms with Crippen LogP contribution >= 0.6 is 0 Å². The van der Waals surface area contributed by atoms with E-state index in [0.717, 1.165) is 57.5 Å². The highest BCUT2D eigenvalue weighted by atomic mass is 15.5. The summed E-state index contributed by atoms with van der Waals surface area (Å²) >= 11 is 0. The number of aromatic nitrogens is 6. The van der Waals surface area contributed by atoms with Crippen LogP contribution in [0.25, 0.3) is 0 Å². The molecule has 0 saturated carbocycles. The highest BCUT2D eigenvalue weighted by Gasteiger charge is 2.23. The number of nitrogens with zero attached hydrogens (tertiary/aromatic N) is 7. The standard InChI is InChI=1S/C18H22N8/c1-2-5-16(6-3-1)7-10-26-17(21-22-23-26)15-24-11-13-25(14-12-24)18-19-8-4-9-20-18/h1-6,8-9H,7,10-15H2/p+1. The van der Waals surface area contributed by atoms with E-state index in [2.05, 4.69) is 54.7 Å². The van der Waals surface area contributed by atoms with Gasteiger partial charge in [-0.15, -0.1) is 5.10 Å². The van der Waals surface area contributed by atoms with Crippen LogP contribution < -0.4 is 9.80 Å². The van der Waals surface area contributed by atoms with E-state index in [1.165, 1.54) is 10.5 Å². The van der Waals surface area contributed by atoms with Crippen molar-refractivity contribution < 1.29 is 4.90 Å². The fraction of sp³-hybridized carbons (Fsp3) is 0.389. The fourth-order valence-electron chi connectivity index (χ4n) is 3.28. The molecule has 8 heteroatoms. The molecule has 134 valence electrons. The number of tetrazole rings is 1. The van der Waals surface area contributed by atoms with Crippen molar-refractivity contribution in [2.45, 2.75) is 19.5 Å². The topological polar surface area (TPSA) is 77.1 Å². The monoisotopic (exact) mass is 351 g/mol. The second-order valence-electron chi connectivity index (χ2n) is 6.52. The molecule has 1 N–H and O–H groups in total. The van der Waals surface area contributed by atoms with Gasteiger partial charge in [0.05, 0.1) is 26.2 Å². The maximum Gasteiger partial charge on any atom is 0.225 e. The van der Waals surface area contributed by atoms with Crippen LogP contribution in [0.15, 0.2) is 48.8 Å². The van der Waals surface area contributed by atoms with Crippen molar-refractivity contribution in [3.05, 3.63) is 60.2 Å². The summed E-state index contributed by atoms with van der Waals surface area (Å²) < 4.78 is 1.94. The minimum absolute atomic E-state index is 0.809. The predicted molar refractivity (Wildman–Crippen MR) is 96.6 cm³/mol. The van der Waals surface area contributed by atoms with Crippen LogP contribution in [0.5, 0.6) is 0 Å². The lowest BCUT2D eigenvalue weighted by Gasteiger charge is -2.31. The highest BCUT2D eigenvalue weighted by molar-refractivity contribution is 5.28. The van der Waals surface area contributed by atoms with Gasteiger partial charge in [0, 0.05) is 18.9 Å². The van der Waals surface area contributed by atoms with E-state index < -0.39 is 0 Å². The van der Waals surface area contributed by atoms with Crippen molar-refractivity contribution >= 4 is 5.95 Å². The zero-order valence-corrected chi connectivity index (χ0v) is 14.7. The maximum absolute atomic E-state index is 4.34. The third kappa shape index (κ3) is 4.02. The third-order valence-corrected chi connectivity index (χ3v) is 4.77. The Morgan fingerprint density at radius 3 is 2.50 bits per heavy atom. The summed E-state index contributed by atoms with van der Waals surface area (Å²) in [4.78, 5) is 12.4. The van der Waals surface area contributed by atoms with Crippen LogP contribution in [0.4, 0.5) is 5.95 Å². The van der Waals surface area contributed by atoms with Gasteiger partial charge in [-0.25, -0.2) is 14.6 Å². The Morgan fingerprint density at radius 2 is 1.73 bits per heavy atom. The molecule has 2 aromatic heterocycles. The van der Waals surface area contributed by atoms with E-state index >= 15 is 0 Å². The molecule has 0 radical (unpaired) electrons. The van der Waals surface area contributed by atoms with E-state index in [0.29, 0.717) is 0 Å². The number of hydrogen-bond donors (Lipinski definition) is 1. The number of aryl methyl sites for hydroxylation is 2. The lowest BCUT2D eigenvalue weighted by Crippen LogP contribution is -3.13. The van der Waals surface area contributed by atoms with Crippen LogP contribution in [-0.4, -0.2) is 56.4 Å². The Labute approximate surface area is 152 Å². The Hall–Kier alpha value is -2.87. The molecule has 0 amide bonds. The number of quaternary nitrogens is 1.